The molecule has 1 atom stereocenters. The molecule has 1 fully saturated rings. The van der Waals surface area contributed by atoms with Gasteiger partial charge in [0, 0.05) is 19.2 Å². The lowest BCUT2D eigenvalue weighted by Crippen LogP contribution is -2.40. The first-order chi connectivity index (χ1) is 10.8. The lowest BCUT2D eigenvalue weighted by molar-refractivity contribution is -0.133. The minimum atomic E-state index is 0.0732. The van der Waals surface area contributed by atoms with Crippen LogP contribution >= 0.6 is 0 Å². The number of benzene rings is 1. The van der Waals surface area contributed by atoms with E-state index in [1.54, 1.807) is 11.8 Å². The van der Waals surface area contributed by atoms with Gasteiger partial charge in [-0.05, 0) is 12.8 Å². The molecule has 2 aromatic rings. The first kappa shape index (κ1) is 14.7. The molecular formula is C16H20N4O2. The average molecular weight is 300 g/mol. The maximum atomic E-state index is 12.4. The molecule has 6 heteroatoms. The quantitative estimate of drug-likeness (QED) is 0.841. The van der Waals surface area contributed by atoms with E-state index in [2.05, 4.69) is 10.3 Å². The average Bonchev–Trinajstić information content (AvgIpc) is 3.18. The molecule has 0 aliphatic carbocycles. The van der Waals surface area contributed by atoms with Crippen molar-refractivity contribution in [2.75, 3.05) is 20.3 Å². The first-order valence-electron chi connectivity index (χ1n) is 7.52. The number of amides is 1. The monoisotopic (exact) mass is 300 g/mol. The number of nitrogens with zero attached hydrogens (tertiary/aromatic N) is 4. The summed E-state index contributed by atoms with van der Waals surface area (Å²) in [6, 6.07) is 10.0. The van der Waals surface area contributed by atoms with Crippen molar-refractivity contribution >= 4 is 5.91 Å². The summed E-state index contributed by atoms with van der Waals surface area (Å²) in [6.07, 6.45) is 3.85. The summed E-state index contributed by atoms with van der Waals surface area (Å²) in [5.41, 5.74) is 1.78. The molecule has 2 heterocycles. The van der Waals surface area contributed by atoms with Crippen LogP contribution in [-0.2, 0) is 16.1 Å². The fourth-order valence-corrected chi connectivity index (χ4v) is 2.88. The second-order valence-electron chi connectivity index (χ2n) is 5.51. The highest BCUT2D eigenvalue weighted by Gasteiger charge is 2.28. The highest BCUT2D eigenvalue weighted by atomic mass is 16.5. The molecular weight excluding hydrogens is 280 g/mol. The van der Waals surface area contributed by atoms with Gasteiger partial charge in [-0.25, -0.2) is 4.68 Å². The Morgan fingerprint density at radius 2 is 2.18 bits per heavy atom. The SMILES string of the molecule is COC[C@H]1CCCN1C(=O)Cn1cc(-c2ccccc2)nn1. The van der Waals surface area contributed by atoms with Crippen LogP contribution in [0, 0.1) is 0 Å². The Morgan fingerprint density at radius 1 is 1.36 bits per heavy atom. The Kier molecular flexibility index (Phi) is 4.48. The van der Waals surface area contributed by atoms with Crippen LogP contribution in [0.5, 0.6) is 0 Å². The number of carbonyl (C=O) groups excluding carboxylic acids is 1. The summed E-state index contributed by atoms with van der Waals surface area (Å²) in [5, 5.41) is 8.20. The topological polar surface area (TPSA) is 60.2 Å². The third-order valence-corrected chi connectivity index (χ3v) is 3.96. The number of methoxy groups -OCH3 is 1. The molecule has 3 rings (SSSR count). The van der Waals surface area contributed by atoms with Crippen LogP contribution in [-0.4, -0.2) is 52.1 Å². The number of aromatic nitrogens is 3. The van der Waals surface area contributed by atoms with Crippen molar-refractivity contribution in [1.29, 1.82) is 0 Å². The summed E-state index contributed by atoms with van der Waals surface area (Å²) >= 11 is 0. The molecule has 1 amide bonds. The van der Waals surface area contributed by atoms with Gasteiger partial charge >= 0.3 is 0 Å². The third-order valence-electron chi connectivity index (χ3n) is 3.96. The molecule has 0 bridgehead atoms. The van der Waals surface area contributed by atoms with Gasteiger partial charge < -0.3 is 9.64 Å². The maximum Gasteiger partial charge on any atom is 0.244 e. The lowest BCUT2D eigenvalue weighted by atomic mass is 10.2. The van der Waals surface area contributed by atoms with Crippen LogP contribution < -0.4 is 0 Å². The molecule has 1 aliphatic heterocycles. The number of hydrogen-bond acceptors (Lipinski definition) is 4. The summed E-state index contributed by atoms with van der Waals surface area (Å²) < 4.78 is 6.79. The van der Waals surface area contributed by atoms with Crippen molar-refractivity contribution in [2.45, 2.75) is 25.4 Å². The highest BCUT2D eigenvalue weighted by Crippen LogP contribution is 2.19. The van der Waals surface area contributed by atoms with E-state index in [9.17, 15) is 4.79 Å². The predicted molar refractivity (Wildman–Crippen MR) is 82.1 cm³/mol. The number of likely N-dealkylation sites (tertiary alicyclic amines) is 1. The van der Waals surface area contributed by atoms with Gasteiger partial charge in [0.2, 0.25) is 5.91 Å². The summed E-state index contributed by atoms with van der Waals surface area (Å²) in [7, 11) is 1.67. The second-order valence-corrected chi connectivity index (χ2v) is 5.51. The Balaban J connectivity index is 1.66. The van der Waals surface area contributed by atoms with Crippen molar-refractivity contribution in [3.05, 3.63) is 36.5 Å². The van der Waals surface area contributed by atoms with Crippen LogP contribution in [0.25, 0.3) is 11.3 Å². The Labute approximate surface area is 129 Å². The molecule has 22 heavy (non-hydrogen) atoms. The molecule has 1 saturated heterocycles. The summed E-state index contributed by atoms with van der Waals surface area (Å²) in [4.78, 5) is 14.3. The van der Waals surface area contributed by atoms with Gasteiger partial charge in [0.1, 0.15) is 12.2 Å². The van der Waals surface area contributed by atoms with Gasteiger partial charge in [0.15, 0.2) is 0 Å². The van der Waals surface area contributed by atoms with E-state index in [-0.39, 0.29) is 18.5 Å². The number of hydrogen-bond donors (Lipinski definition) is 0. The normalized spacial score (nSPS) is 17.9. The van der Waals surface area contributed by atoms with E-state index >= 15 is 0 Å². The number of ether oxygens (including phenoxy) is 1. The first-order valence-corrected chi connectivity index (χ1v) is 7.52. The molecule has 0 spiro atoms. The van der Waals surface area contributed by atoms with Gasteiger partial charge in [0.05, 0.1) is 18.8 Å². The largest absolute Gasteiger partial charge is 0.383 e. The second kappa shape index (κ2) is 6.70. The van der Waals surface area contributed by atoms with Gasteiger partial charge in [-0.1, -0.05) is 35.5 Å². The van der Waals surface area contributed by atoms with Crippen molar-refractivity contribution in [1.82, 2.24) is 19.9 Å². The summed E-state index contributed by atoms with van der Waals surface area (Å²) in [6.45, 7) is 1.62. The molecule has 1 aliphatic rings. The summed E-state index contributed by atoms with van der Waals surface area (Å²) in [5.74, 6) is 0.0732. The fraction of sp³-hybridized carbons (Fsp3) is 0.438. The number of carbonyl (C=O) groups is 1. The van der Waals surface area contributed by atoms with E-state index in [1.807, 2.05) is 41.4 Å². The molecule has 1 aromatic carbocycles. The van der Waals surface area contributed by atoms with Crippen molar-refractivity contribution in [3.8, 4) is 11.3 Å². The highest BCUT2D eigenvalue weighted by molar-refractivity contribution is 5.76. The Bertz CT molecular complexity index is 626. The molecule has 116 valence electrons. The van der Waals surface area contributed by atoms with Crippen LogP contribution in [0.15, 0.2) is 36.5 Å². The fourth-order valence-electron chi connectivity index (χ4n) is 2.88. The molecule has 0 saturated carbocycles. The van der Waals surface area contributed by atoms with Crippen molar-refractivity contribution < 1.29 is 9.53 Å². The van der Waals surface area contributed by atoms with E-state index in [0.29, 0.717) is 6.61 Å². The van der Waals surface area contributed by atoms with E-state index in [0.717, 1.165) is 30.6 Å². The predicted octanol–water partition coefficient (Wildman–Crippen LogP) is 1.58. The molecule has 0 N–H and O–H groups in total. The van der Waals surface area contributed by atoms with Gasteiger partial charge in [-0.15, -0.1) is 5.10 Å². The van der Waals surface area contributed by atoms with E-state index < -0.39 is 0 Å². The molecule has 1 aromatic heterocycles. The standard InChI is InChI=1S/C16H20N4O2/c1-22-12-14-8-5-9-20(14)16(21)11-19-10-15(17-18-19)13-6-3-2-4-7-13/h2-4,6-7,10,14H,5,8-9,11-12H2,1H3/t14-/m1/s1. The Hall–Kier alpha value is -2.21. The van der Waals surface area contributed by atoms with E-state index in [1.165, 1.54) is 0 Å². The van der Waals surface area contributed by atoms with Crippen LogP contribution in [0.4, 0.5) is 0 Å². The van der Waals surface area contributed by atoms with Crippen LogP contribution in [0.2, 0.25) is 0 Å². The van der Waals surface area contributed by atoms with Gasteiger partial charge in [-0.2, -0.15) is 0 Å². The zero-order valence-electron chi connectivity index (χ0n) is 12.7. The molecule has 6 nitrogen and oxygen atoms in total. The van der Waals surface area contributed by atoms with Crippen LogP contribution in [0.1, 0.15) is 12.8 Å². The van der Waals surface area contributed by atoms with Gasteiger partial charge in [0.25, 0.3) is 0 Å². The smallest absolute Gasteiger partial charge is 0.244 e. The minimum absolute atomic E-state index is 0.0732. The zero-order chi connectivity index (χ0) is 15.4. The van der Waals surface area contributed by atoms with Crippen LogP contribution in [0.3, 0.4) is 0 Å². The lowest BCUT2D eigenvalue weighted by Gasteiger charge is -2.23. The molecule has 0 unspecified atom stereocenters. The van der Waals surface area contributed by atoms with E-state index in [4.69, 9.17) is 4.74 Å². The van der Waals surface area contributed by atoms with Crippen molar-refractivity contribution in [3.63, 3.8) is 0 Å². The zero-order valence-corrected chi connectivity index (χ0v) is 12.7. The van der Waals surface area contributed by atoms with Gasteiger partial charge in [-0.3, -0.25) is 4.79 Å². The third kappa shape index (κ3) is 3.17. The molecule has 0 radical (unpaired) electrons. The maximum absolute atomic E-state index is 12.4. The minimum Gasteiger partial charge on any atom is -0.383 e. The Morgan fingerprint density at radius 3 is 2.95 bits per heavy atom. The van der Waals surface area contributed by atoms with Crippen molar-refractivity contribution in [2.24, 2.45) is 0 Å². The number of rotatable bonds is 5.